The molecule has 2 heterocycles. The van der Waals surface area contributed by atoms with Crippen molar-refractivity contribution in [2.45, 2.75) is 51.0 Å². The minimum absolute atomic E-state index is 0.0470. The Labute approximate surface area is 230 Å². The number of benzene rings is 2. The Morgan fingerprint density at radius 1 is 1.08 bits per heavy atom. The highest BCUT2D eigenvalue weighted by Crippen LogP contribution is 2.42. The zero-order valence-corrected chi connectivity index (χ0v) is 23.9. The minimum Gasteiger partial charge on any atom is -0.497 e. The average molecular weight is 558 g/mol. The Morgan fingerprint density at radius 3 is 2.08 bits per heavy atom. The lowest BCUT2D eigenvalue weighted by atomic mass is 10.00. The summed E-state index contributed by atoms with van der Waals surface area (Å²) in [5, 5.41) is 12.2. The summed E-state index contributed by atoms with van der Waals surface area (Å²) in [7, 11) is 5.97. The fourth-order valence-corrected chi connectivity index (χ4v) is 4.62. The molecule has 1 aliphatic rings. The van der Waals surface area contributed by atoms with Crippen LogP contribution in [0.25, 0.3) is 0 Å². The number of rotatable bonds is 9. The Bertz CT molecular complexity index is 1230. The lowest BCUT2D eigenvalue weighted by Crippen LogP contribution is -2.33. The molecule has 4 atom stereocenters. The molecule has 1 aliphatic heterocycles. The molecule has 1 fully saturated rings. The molecule has 39 heavy (non-hydrogen) atoms. The molecule has 1 saturated heterocycles. The van der Waals surface area contributed by atoms with E-state index in [9.17, 15) is 14.7 Å². The van der Waals surface area contributed by atoms with Crippen LogP contribution in [0, 0.1) is 0 Å². The van der Waals surface area contributed by atoms with Crippen LogP contribution in [0.5, 0.6) is 11.5 Å². The summed E-state index contributed by atoms with van der Waals surface area (Å²) in [5.74, 6) is 1.25. The predicted molar refractivity (Wildman–Crippen MR) is 151 cm³/mol. The van der Waals surface area contributed by atoms with Crippen molar-refractivity contribution in [1.82, 2.24) is 9.55 Å². The van der Waals surface area contributed by atoms with Gasteiger partial charge in [-0.25, -0.2) is 4.79 Å². The van der Waals surface area contributed by atoms with Gasteiger partial charge < -0.3 is 29.4 Å². The van der Waals surface area contributed by atoms with Gasteiger partial charge in [0.15, 0.2) is 0 Å². The summed E-state index contributed by atoms with van der Waals surface area (Å²) in [4.78, 5) is 27.6. The van der Waals surface area contributed by atoms with Crippen molar-refractivity contribution < 1.29 is 28.8 Å². The third-order valence-electron chi connectivity index (χ3n) is 6.16. The Balaban J connectivity index is 0.00000205. The Kier molecular flexibility index (Phi) is 10.6. The van der Waals surface area contributed by atoms with Gasteiger partial charge >= 0.3 is 5.69 Å². The topological polar surface area (TPSA) is 121 Å². The first-order chi connectivity index (χ1) is 18.7. The smallest absolute Gasteiger partial charge is 0.351 e. The number of nitrogens with zero attached hydrogens (tertiary/aromatic N) is 2. The van der Waals surface area contributed by atoms with E-state index in [1.807, 2.05) is 62.4 Å². The monoisotopic (exact) mass is 557 g/mol. The van der Waals surface area contributed by atoms with Crippen LogP contribution in [-0.4, -0.2) is 53.6 Å². The van der Waals surface area contributed by atoms with Crippen LogP contribution in [0.4, 0.5) is 5.82 Å². The third kappa shape index (κ3) is 7.22. The Hall–Kier alpha value is -3.30. The van der Waals surface area contributed by atoms with Crippen LogP contribution in [0.15, 0.2) is 65.6 Å². The van der Waals surface area contributed by atoms with Gasteiger partial charge in [-0.05, 0) is 41.5 Å². The van der Waals surface area contributed by atoms with E-state index in [2.05, 4.69) is 19.5 Å². The number of anilines is 1. The largest absolute Gasteiger partial charge is 0.497 e. The molecule has 3 aromatic rings. The van der Waals surface area contributed by atoms with E-state index in [1.54, 1.807) is 14.2 Å². The zero-order valence-electron chi connectivity index (χ0n) is 22.8. The number of hydrogen-bond donors (Lipinski definition) is 2. The number of nitrogens with one attached hydrogen (secondary N) is 1. The van der Waals surface area contributed by atoms with Gasteiger partial charge in [0, 0.05) is 19.5 Å². The summed E-state index contributed by atoms with van der Waals surface area (Å²) in [5.41, 5.74) is 1.10. The van der Waals surface area contributed by atoms with E-state index in [4.69, 9.17) is 18.9 Å². The van der Waals surface area contributed by atoms with E-state index >= 15 is 0 Å². The van der Waals surface area contributed by atoms with Crippen molar-refractivity contribution in [2.75, 3.05) is 26.1 Å². The summed E-state index contributed by atoms with van der Waals surface area (Å²) in [6, 6.07) is 16.5. The lowest BCUT2D eigenvalue weighted by Gasteiger charge is -2.32. The van der Waals surface area contributed by atoms with Crippen LogP contribution in [-0.2, 0) is 19.6 Å². The van der Waals surface area contributed by atoms with Gasteiger partial charge in [-0.3, -0.25) is 9.36 Å². The second-order valence-corrected chi connectivity index (χ2v) is 9.43. The molecule has 11 heteroatoms. The maximum atomic E-state index is 12.5. The lowest BCUT2D eigenvalue weighted by molar-refractivity contribution is -0.114. The highest BCUT2D eigenvalue weighted by atomic mass is 31.0. The van der Waals surface area contributed by atoms with Crippen LogP contribution in [0.1, 0.15) is 44.5 Å². The number of aromatic nitrogens is 2. The molecule has 0 aliphatic carbocycles. The molecule has 0 saturated carbocycles. The Morgan fingerprint density at radius 2 is 1.62 bits per heavy atom. The summed E-state index contributed by atoms with van der Waals surface area (Å²) < 4.78 is 24.3. The van der Waals surface area contributed by atoms with E-state index in [1.165, 1.54) is 23.8 Å². The predicted octanol–water partition coefficient (Wildman–Crippen LogP) is 3.69. The van der Waals surface area contributed by atoms with Gasteiger partial charge in [-0.1, -0.05) is 47.4 Å². The summed E-state index contributed by atoms with van der Waals surface area (Å²) >= 11 is 0. The van der Waals surface area contributed by atoms with Gasteiger partial charge in [0.2, 0.25) is 5.91 Å². The standard InChI is InChI=1S/C26H30N3O7P.C2H6/c1-16(30)27-23-12-13-29(25(32)28-23)24-14-21(31)22(36-24)15-35-26(37,17-4-8-19(33-2)9-5-17)18-6-10-20(34-3)11-7-18;1-2/h4-13,21-22,24,31H,14-15,37H2,1-3H3,(H,27,28,30,32);1-2H3/t21?,22-,24?;/m1./s1. The molecular formula is C28H36N3O7P. The molecule has 0 radical (unpaired) electrons. The molecule has 0 bridgehead atoms. The normalized spacial score (nSPS) is 18.6. The maximum Gasteiger partial charge on any atom is 0.351 e. The van der Waals surface area contributed by atoms with Gasteiger partial charge in [-0.2, -0.15) is 4.98 Å². The number of hydrogen-bond acceptors (Lipinski definition) is 8. The molecule has 4 rings (SSSR count). The van der Waals surface area contributed by atoms with Crippen molar-refractivity contribution in [3.8, 4) is 11.5 Å². The van der Waals surface area contributed by atoms with Crippen molar-refractivity contribution in [3.63, 3.8) is 0 Å². The first-order valence-corrected chi connectivity index (χ1v) is 13.2. The summed E-state index contributed by atoms with van der Waals surface area (Å²) in [6.07, 6.45) is -0.618. The molecule has 10 nitrogen and oxygen atoms in total. The first-order valence-electron chi connectivity index (χ1n) is 12.7. The third-order valence-corrected chi connectivity index (χ3v) is 6.99. The first kappa shape index (κ1) is 30.2. The summed E-state index contributed by atoms with van der Waals surface area (Å²) in [6.45, 7) is 5.38. The molecule has 1 amide bonds. The number of amides is 1. The van der Waals surface area contributed by atoms with Crippen molar-refractivity contribution in [2.24, 2.45) is 0 Å². The number of aliphatic hydroxyl groups excluding tert-OH is 1. The van der Waals surface area contributed by atoms with Gasteiger partial charge in [0.25, 0.3) is 0 Å². The number of carbonyl (C=O) groups is 1. The van der Waals surface area contributed by atoms with E-state index < -0.39 is 29.5 Å². The second kappa shape index (κ2) is 13.7. The van der Waals surface area contributed by atoms with Gasteiger partial charge in [-0.15, -0.1) is 0 Å². The number of methoxy groups -OCH3 is 2. The zero-order chi connectivity index (χ0) is 28.6. The van der Waals surface area contributed by atoms with E-state index in [0.29, 0.717) is 11.5 Å². The fraction of sp³-hybridized carbons (Fsp3) is 0.393. The quantitative estimate of drug-likeness (QED) is 0.382. The van der Waals surface area contributed by atoms with Crippen LogP contribution >= 0.6 is 9.24 Å². The van der Waals surface area contributed by atoms with Crippen molar-refractivity contribution >= 4 is 21.0 Å². The number of ether oxygens (including phenoxy) is 4. The van der Waals surface area contributed by atoms with E-state index in [0.717, 1.165) is 11.1 Å². The minimum atomic E-state index is -0.960. The molecule has 2 N–H and O–H groups in total. The average Bonchev–Trinajstić information content (AvgIpc) is 3.32. The SMILES string of the molecule is CC.COc1ccc(C(P)(OC[C@H]2OC(n3ccc(NC(C)=O)nc3=O)CC2O)c2ccc(OC)cc2)cc1. The second-order valence-electron chi connectivity index (χ2n) is 8.62. The van der Waals surface area contributed by atoms with Crippen LogP contribution in [0.3, 0.4) is 0 Å². The highest BCUT2D eigenvalue weighted by Gasteiger charge is 2.39. The van der Waals surface area contributed by atoms with E-state index in [-0.39, 0.29) is 24.8 Å². The van der Waals surface area contributed by atoms with Gasteiger partial charge in [0.1, 0.15) is 35.0 Å². The molecule has 2 aromatic carbocycles. The van der Waals surface area contributed by atoms with Crippen LogP contribution in [0.2, 0.25) is 0 Å². The molecular weight excluding hydrogens is 521 g/mol. The molecule has 3 unspecified atom stereocenters. The highest BCUT2D eigenvalue weighted by molar-refractivity contribution is 7.18. The van der Waals surface area contributed by atoms with Crippen molar-refractivity contribution in [3.05, 3.63) is 82.4 Å². The number of carbonyl (C=O) groups excluding carboxylic acids is 1. The molecule has 210 valence electrons. The number of aliphatic hydroxyl groups is 1. The molecule has 0 spiro atoms. The maximum absolute atomic E-state index is 12.5. The molecule has 1 aromatic heterocycles. The fourth-order valence-electron chi connectivity index (χ4n) is 4.14. The van der Waals surface area contributed by atoms with Crippen LogP contribution < -0.4 is 20.5 Å². The van der Waals surface area contributed by atoms with Crippen molar-refractivity contribution in [1.29, 1.82) is 0 Å². The van der Waals surface area contributed by atoms with Gasteiger partial charge in [0.05, 0.1) is 26.9 Å².